The molecule has 4 heteroatoms. The van der Waals surface area contributed by atoms with E-state index in [2.05, 4.69) is 41.5 Å². The van der Waals surface area contributed by atoms with Gasteiger partial charge in [0.05, 0.1) is 0 Å². The van der Waals surface area contributed by atoms with Crippen LogP contribution >= 0.6 is 24.0 Å². The molecule has 0 unspecified atom stereocenters. The Morgan fingerprint density at radius 3 is 2.58 bits per heavy atom. The molecule has 0 radical (unpaired) electrons. The van der Waals surface area contributed by atoms with E-state index in [-0.39, 0.29) is 24.0 Å². The number of hydrogen-bond acceptors (Lipinski definition) is 1. The second-order valence-electron chi connectivity index (χ2n) is 5.22. The molecule has 0 saturated heterocycles. The predicted octanol–water partition coefficient (Wildman–Crippen LogP) is 2.94. The maximum atomic E-state index is 5.87. The average Bonchev–Trinajstić information content (AvgIpc) is 3.18. The van der Waals surface area contributed by atoms with Gasteiger partial charge in [-0.3, -0.25) is 4.99 Å². The highest BCUT2D eigenvalue weighted by Gasteiger charge is 2.40. The molecule has 0 heterocycles. The first kappa shape index (κ1) is 16.3. The fourth-order valence-corrected chi connectivity index (χ4v) is 2.09. The van der Waals surface area contributed by atoms with Gasteiger partial charge in [-0.2, -0.15) is 0 Å². The highest BCUT2D eigenvalue weighted by atomic mass is 127. The fraction of sp³-hybridized carbons (Fsp3) is 0.533. The van der Waals surface area contributed by atoms with Crippen molar-refractivity contribution in [3.63, 3.8) is 0 Å². The van der Waals surface area contributed by atoms with Gasteiger partial charge < -0.3 is 11.1 Å². The second-order valence-corrected chi connectivity index (χ2v) is 5.22. The zero-order valence-electron chi connectivity index (χ0n) is 11.6. The summed E-state index contributed by atoms with van der Waals surface area (Å²) in [5.41, 5.74) is 7.67. The van der Waals surface area contributed by atoms with Crippen LogP contribution in [0.2, 0.25) is 0 Å². The maximum Gasteiger partial charge on any atom is 0.188 e. The van der Waals surface area contributed by atoms with Gasteiger partial charge in [0, 0.05) is 13.1 Å². The van der Waals surface area contributed by atoms with Crippen molar-refractivity contribution in [3.8, 4) is 0 Å². The third kappa shape index (κ3) is 5.38. The molecule has 0 spiro atoms. The van der Waals surface area contributed by atoms with Crippen molar-refractivity contribution >= 4 is 29.9 Å². The van der Waals surface area contributed by atoms with E-state index in [0.29, 0.717) is 11.4 Å². The van der Waals surface area contributed by atoms with Gasteiger partial charge in [0.15, 0.2) is 5.96 Å². The molecule has 2 rings (SSSR count). The van der Waals surface area contributed by atoms with Crippen molar-refractivity contribution in [2.24, 2.45) is 16.1 Å². The summed E-state index contributed by atoms with van der Waals surface area (Å²) < 4.78 is 0. The van der Waals surface area contributed by atoms with Crippen molar-refractivity contribution in [1.82, 2.24) is 5.32 Å². The Kier molecular flexibility index (Phi) is 6.62. The smallest absolute Gasteiger partial charge is 0.188 e. The minimum atomic E-state index is 0. The topological polar surface area (TPSA) is 50.4 Å². The Bertz CT molecular complexity index is 399. The van der Waals surface area contributed by atoms with Gasteiger partial charge in [-0.1, -0.05) is 37.3 Å². The summed E-state index contributed by atoms with van der Waals surface area (Å²) in [5, 5.41) is 3.18. The number of nitrogens with one attached hydrogen (secondary N) is 1. The van der Waals surface area contributed by atoms with Crippen LogP contribution in [0.4, 0.5) is 0 Å². The minimum absolute atomic E-state index is 0. The van der Waals surface area contributed by atoms with Crippen LogP contribution in [0, 0.1) is 5.41 Å². The van der Waals surface area contributed by atoms with Crippen molar-refractivity contribution in [3.05, 3.63) is 35.9 Å². The van der Waals surface area contributed by atoms with Crippen LogP contribution in [0.3, 0.4) is 0 Å². The molecule has 0 amide bonds. The van der Waals surface area contributed by atoms with Gasteiger partial charge in [-0.05, 0) is 36.7 Å². The maximum absolute atomic E-state index is 5.87. The van der Waals surface area contributed by atoms with Crippen LogP contribution in [0.25, 0.3) is 0 Å². The molecule has 1 fully saturated rings. The molecule has 106 valence electrons. The molecule has 3 N–H and O–H groups in total. The van der Waals surface area contributed by atoms with E-state index in [4.69, 9.17) is 5.73 Å². The molecule has 3 nitrogen and oxygen atoms in total. The summed E-state index contributed by atoms with van der Waals surface area (Å²) in [7, 11) is 0. The first-order valence-electron chi connectivity index (χ1n) is 6.82. The minimum Gasteiger partial charge on any atom is -0.370 e. The predicted molar refractivity (Wildman–Crippen MR) is 92.0 cm³/mol. The van der Waals surface area contributed by atoms with Gasteiger partial charge in [0.1, 0.15) is 0 Å². The largest absolute Gasteiger partial charge is 0.370 e. The molecule has 0 aromatic heterocycles. The summed E-state index contributed by atoms with van der Waals surface area (Å²) in [6.45, 7) is 3.97. The number of nitrogens with zero attached hydrogens (tertiary/aromatic N) is 1. The van der Waals surface area contributed by atoms with Crippen molar-refractivity contribution in [2.45, 2.75) is 32.6 Å². The first-order valence-corrected chi connectivity index (χ1v) is 6.82. The van der Waals surface area contributed by atoms with Gasteiger partial charge in [0.25, 0.3) is 0 Å². The quantitative estimate of drug-likeness (QED) is 0.458. The van der Waals surface area contributed by atoms with Crippen molar-refractivity contribution < 1.29 is 0 Å². The Morgan fingerprint density at radius 1 is 1.32 bits per heavy atom. The molecule has 19 heavy (non-hydrogen) atoms. The van der Waals surface area contributed by atoms with E-state index in [0.717, 1.165) is 19.5 Å². The second kappa shape index (κ2) is 7.72. The molecular formula is C15H24IN3. The van der Waals surface area contributed by atoms with Gasteiger partial charge in [-0.25, -0.2) is 0 Å². The molecule has 1 aliphatic rings. The highest BCUT2D eigenvalue weighted by Crippen LogP contribution is 2.48. The third-order valence-electron chi connectivity index (χ3n) is 3.85. The average molecular weight is 373 g/mol. The van der Waals surface area contributed by atoms with Crippen molar-refractivity contribution in [1.29, 1.82) is 0 Å². The monoisotopic (exact) mass is 373 g/mol. The molecular weight excluding hydrogens is 349 g/mol. The first-order chi connectivity index (χ1) is 8.74. The standard InChI is InChI=1S/C15H23N3.HI/c1-2-15(9-10-15)12-18-14(16)17-11-8-13-6-4-3-5-7-13;/h3-7H,2,8-12H2,1H3,(H3,16,17,18);1H. The summed E-state index contributed by atoms with van der Waals surface area (Å²) >= 11 is 0. The van der Waals surface area contributed by atoms with E-state index in [1.54, 1.807) is 0 Å². The van der Waals surface area contributed by atoms with Crippen LogP contribution in [-0.4, -0.2) is 19.0 Å². The number of rotatable bonds is 6. The van der Waals surface area contributed by atoms with E-state index >= 15 is 0 Å². The summed E-state index contributed by atoms with van der Waals surface area (Å²) in [4.78, 5) is 4.44. The molecule has 0 atom stereocenters. The zero-order valence-corrected chi connectivity index (χ0v) is 13.9. The van der Waals surface area contributed by atoms with E-state index in [9.17, 15) is 0 Å². The number of benzene rings is 1. The molecule has 1 aromatic rings. The van der Waals surface area contributed by atoms with Crippen LogP contribution in [-0.2, 0) is 6.42 Å². The lowest BCUT2D eigenvalue weighted by Crippen LogP contribution is -2.33. The Labute approximate surface area is 133 Å². The molecule has 1 aromatic carbocycles. The normalized spacial score (nSPS) is 16.6. The molecule has 0 bridgehead atoms. The summed E-state index contributed by atoms with van der Waals surface area (Å²) in [5.74, 6) is 0.589. The van der Waals surface area contributed by atoms with Gasteiger partial charge >= 0.3 is 0 Å². The number of guanidine groups is 1. The Balaban J connectivity index is 0.00000180. The number of aliphatic imine (C=N–C) groups is 1. The number of hydrogen-bond donors (Lipinski definition) is 2. The van der Waals surface area contributed by atoms with Crippen LogP contribution in [0.5, 0.6) is 0 Å². The van der Waals surface area contributed by atoms with E-state index < -0.39 is 0 Å². The van der Waals surface area contributed by atoms with Crippen molar-refractivity contribution in [2.75, 3.05) is 13.1 Å². The summed E-state index contributed by atoms with van der Waals surface area (Å²) in [6, 6.07) is 10.4. The van der Waals surface area contributed by atoms with E-state index in [1.807, 2.05) is 6.07 Å². The van der Waals surface area contributed by atoms with Gasteiger partial charge in [-0.15, -0.1) is 24.0 Å². The van der Waals surface area contributed by atoms with Crippen LogP contribution in [0.15, 0.2) is 35.3 Å². The SMILES string of the molecule is CCC1(CN=C(N)NCCc2ccccc2)CC1.I. The fourth-order valence-electron chi connectivity index (χ4n) is 2.09. The Morgan fingerprint density at radius 2 is 2.00 bits per heavy atom. The molecule has 0 aliphatic heterocycles. The Hall–Kier alpha value is -0.780. The van der Waals surface area contributed by atoms with Gasteiger partial charge in [0.2, 0.25) is 0 Å². The van der Waals surface area contributed by atoms with E-state index in [1.165, 1.54) is 24.8 Å². The zero-order chi connectivity index (χ0) is 12.8. The number of halogens is 1. The highest BCUT2D eigenvalue weighted by molar-refractivity contribution is 14.0. The third-order valence-corrected chi connectivity index (χ3v) is 3.85. The lowest BCUT2D eigenvalue weighted by atomic mass is 10.1. The molecule has 1 saturated carbocycles. The van der Waals surface area contributed by atoms with Crippen LogP contribution in [0.1, 0.15) is 31.7 Å². The summed E-state index contributed by atoms with van der Waals surface area (Å²) in [6.07, 6.45) is 4.82. The lowest BCUT2D eigenvalue weighted by Gasteiger charge is -2.10. The lowest BCUT2D eigenvalue weighted by molar-refractivity contribution is 0.505. The molecule has 1 aliphatic carbocycles. The number of nitrogens with two attached hydrogens (primary N) is 1. The van der Waals surface area contributed by atoms with Crippen LogP contribution < -0.4 is 11.1 Å².